The molecular formula is C27H33N11O. The van der Waals surface area contributed by atoms with Crippen molar-refractivity contribution in [2.24, 2.45) is 0 Å². The predicted molar refractivity (Wildman–Crippen MR) is 148 cm³/mol. The molecule has 2 fully saturated rings. The number of ether oxygens (including phenoxy) is 1. The lowest BCUT2D eigenvalue weighted by Crippen LogP contribution is -2.47. The molecule has 202 valence electrons. The summed E-state index contributed by atoms with van der Waals surface area (Å²) in [7, 11) is 0. The van der Waals surface area contributed by atoms with Crippen LogP contribution in [0.2, 0.25) is 0 Å². The van der Waals surface area contributed by atoms with Crippen molar-refractivity contribution in [1.82, 2.24) is 40.0 Å². The Kier molecular flexibility index (Phi) is 7.54. The summed E-state index contributed by atoms with van der Waals surface area (Å²) in [5, 5.41) is 11.3. The number of piperazine rings is 1. The number of morpholine rings is 1. The fraction of sp³-hybridized carbons (Fsp3) is 0.407. The summed E-state index contributed by atoms with van der Waals surface area (Å²) in [4.78, 5) is 27.1. The van der Waals surface area contributed by atoms with Gasteiger partial charge in [-0.3, -0.25) is 4.68 Å². The molecule has 0 unspecified atom stereocenters. The average molecular weight is 528 g/mol. The third-order valence-electron chi connectivity index (χ3n) is 6.94. The van der Waals surface area contributed by atoms with Crippen molar-refractivity contribution in [2.75, 3.05) is 61.0 Å². The van der Waals surface area contributed by atoms with Crippen LogP contribution in [0.25, 0.3) is 0 Å². The Hall–Kier alpha value is -4.16. The van der Waals surface area contributed by atoms with E-state index in [4.69, 9.17) is 4.74 Å². The maximum atomic E-state index is 5.80. The fourth-order valence-electron chi connectivity index (χ4n) is 4.84. The van der Waals surface area contributed by atoms with Gasteiger partial charge in [0.2, 0.25) is 17.8 Å². The summed E-state index contributed by atoms with van der Waals surface area (Å²) < 4.78 is 7.71. The van der Waals surface area contributed by atoms with Crippen LogP contribution in [0.5, 0.6) is 0 Å². The van der Waals surface area contributed by atoms with Gasteiger partial charge in [0.15, 0.2) is 0 Å². The molecule has 0 spiro atoms. The third-order valence-corrected chi connectivity index (χ3v) is 6.94. The molecular weight excluding hydrogens is 494 g/mol. The number of nitrogens with one attached hydrogen (secondary N) is 2. The molecule has 6 rings (SSSR count). The Morgan fingerprint density at radius 2 is 1.72 bits per heavy atom. The molecule has 3 aromatic heterocycles. The molecule has 1 aromatic carbocycles. The summed E-state index contributed by atoms with van der Waals surface area (Å²) >= 11 is 0. The molecule has 12 nitrogen and oxygen atoms in total. The van der Waals surface area contributed by atoms with E-state index in [1.807, 2.05) is 36.3 Å². The van der Waals surface area contributed by atoms with E-state index >= 15 is 0 Å². The zero-order chi connectivity index (χ0) is 26.4. The topological polar surface area (TPSA) is 122 Å². The highest BCUT2D eigenvalue weighted by Gasteiger charge is 2.22. The van der Waals surface area contributed by atoms with E-state index in [0.29, 0.717) is 18.4 Å². The Morgan fingerprint density at radius 3 is 2.46 bits per heavy atom. The molecule has 5 heterocycles. The summed E-state index contributed by atoms with van der Waals surface area (Å²) in [5.74, 6) is 1.90. The van der Waals surface area contributed by atoms with Crippen molar-refractivity contribution in [3.8, 4) is 0 Å². The maximum Gasteiger partial charge on any atom is 0.232 e. The van der Waals surface area contributed by atoms with Gasteiger partial charge in [-0.15, -0.1) is 0 Å². The van der Waals surface area contributed by atoms with Crippen molar-refractivity contribution in [2.45, 2.75) is 26.0 Å². The normalized spacial score (nSPS) is 17.8. The van der Waals surface area contributed by atoms with E-state index in [-0.39, 0.29) is 6.10 Å². The number of anilines is 4. The first kappa shape index (κ1) is 25.1. The first-order valence-corrected chi connectivity index (χ1v) is 13.4. The van der Waals surface area contributed by atoms with Crippen LogP contribution in [-0.2, 0) is 17.7 Å². The van der Waals surface area contributed by atoms with Gasteiger partial charge in [0.1, 0.15) is 6.33 Å². The fourth-order valence-corrected chi connectivity index (χ4v) is 4.84. The van der Waals surface area contributed by atoms with E-state index in [2.05, 4.69) is 74.7 Å². The van der Waals surface area contributed by atoms with Crippen LogP contribution in [0.3, 0.4) is 0 Å². The molecule has 0 saturated carbocycles. The summed E-state index contributed by atoms with van der Waals surface area (Å²) in [6, 6.07) is 10.4. The minimum atomic E-state index is 0.117. The van der Waals surface area contributed by atoms with Gasteiger partial charge in [0.25, 0.3) is 0 Å². The average Bonchev–Trinajstić information content (AvgIpc) is 3.32. The molecule has 2 aliphatic rings. The quantitative estimate of drug-likeness (QED) is 0.349. The predicted octanol–water partition coefficient (Wildman–Crippen LogP) is 1.82. The van der Waals surface area contributed by atoms with E-state index in [9.17, 15) is 0 Å². The molecule has 0 amide bonds. The van der Waals surface area contributed by atoms with Crippen LogP contribution in [-0.4, -0.2) is 86.7 Å². The van der Waals surface area contributed by atoms with Crippen molar-refractivity contribution in [3.05, 3.63) is 72.1 Å². The second kappa shape index (κ2) is 11.7. The van der Waals surface area contributed by atoms with Crippen LogP contribution in [0, 0.1) is 6.92 Å². The van der Waals surface area contributed by atoms with Gasteiger partial charge in [-0.2, -0.15) is 10.1 Å². The van der Waals surface area contributed by atoms with E-state index < -0.39 is 0 Å². The van der Waals surface area contributed by atoms with Gasteiger partial charge in [-0.1, -0.05) is 30.3 Å². The van der Waals surface area contributed by atoms with Crippen LogP contribution in [0.4, 0.5) is 23.5 Å². The second-order valence-electron chi connectivity index (χ2n) is 9.81. The Balaban J connectivity index is 1.04. The largest absolute Gasteiger partial charge is 0.374 e. The number of nitrogens with zero attached hydrogens (tertiary/aromatic N) is 9. The lowest BCUT2D eigenvalue weighted by Gasteiger charge is -2.34. The van der Waals surface area contributed by atoms with Crippen molar-refractivity contribution in [1.29, 1.82) is 0 Å². The minimum absolute atomic E-state index is 0.117. The number of rotatable bonds is 8. The SMILES string of the molecule is Cc1nn(C[C@@H]2CNCCO2)cc1Nc1ncnc(N2CCN(c3ncc(Cc4ccccc4)cn3)CC2)n1. The van der Waals surface area contributed by atoms with Crippen molar-refractivity contribution < 1.29 is 4.74 Å². The van der Waals surface area contributed by atoms with Gasteiger partial charge < -0.3 is 25.2 Å². The minimum Gasteiger partial charge on any atom is -0.374 e. The van der Waals surface area contributed by atoms with Crippen molar-refractivity contribution >= 4 is 23.5 Å². The number of aryl methyl sites for hydroxylation is 1. The molecule has 0 bridgehead atoms. The van der Waals surface area contributed by atoms with E-state index in [1.165, 1.54) is 5.56 Å². The molecule has 0 aliphatic carbocycles. The smallest absolute Gasteiger partial charge is 0.232 e. The molecule has 39 heavy (non-hydrogen) atoms. The van der Waals surface area contributed by atoms with Gasteiger partial charge in [-0.05, 0) is 18.1 Å². The standard InChI is InChI=1S/C27H33N11O/c1-20-24(18-38(35-20)17-23-16-28-7-12-39-23)33-25-31-19-32-27(34-25)37-10-8-36(9-11-37)26-29-14-22(15-30-26)13-21-5-3-2-4-6-21/h2-6,14-15,18-19,23,28H,7-13,16-17H2,1H3,(H,31,32,33,34)/t23-/m0/s1. The Bertz CT molecular complexity index is 1350. The zero-order valence-corrected chi connectivity index (χ0v) is 22.1. The van der Waals surface area contributed by atoms with E-state index in [1.54, 1.807) is 6.33 Å². The van der Waals surface area contributed by atoms with Gasteiger partial charge in [-0.25, -0.2) is 19.9 Å². The molecule has 12 heteroatoms. The summed E-state index contributed by atoms with van der Waals surface area (Å²) in [6.07, 6.45) is 8.32. The molecule has 4 aromatic rings. The molecule has 0 radical (unpaired) electrons. The summed E-state index contributed by atoms with van der Waals surface area (Å²) in [5.41, 5.74) is 4.11. The number of aromatic nitrogens is 7. The zero-order valence-electron chi connectivity index (χ0n) is 22.1. The van der Waals surface area contributed by atoms with E-state index in [0.717, 1.165) is 75.2 Å². The number of hydrogen-bond acceptors (Lipinski definition) is 11. The lowest BCUT2D eigenvalue weighted by molar-refractivity contribution is 0.0161. The van der Waals surface area contributed by atoms with Crippen LogP contribution in [0.15, 0.2) is 55.2 Å². The number of benzene rings is 1. The summed E-state index contributed by atoms with van der Waals surface area (Å²) in [6.45, 7) is 8.23. The maximum absolute atomic E-state index is 5.80. The number of hydrogen-bond donors (Lipinski definition) is 2. The van der Waals surface area contributed by atoms with Crippen LogP contribution < -0.4 is 20.4 Å². The Morgan fingerprint density at radius 1 is 0.949 bits per heavy atom. The van der Waals surface area contributed by atoms with Crippen molar-refractivity contribution in [3.63, 3.8) is 0 Å². The molecule has 2 N–H and O–H groups in total. The van der Waals surface area contributed by atoms with Gasteiger partial charge in [0, 0.05) is 64.3 Å². The lowest BCUT2D eigenvalue weighted by atomic mass is 10.1. The highest BCUT2D eigenvalue weighted by Crippen LogP contribution is 2.20. The highest BCUT2D eigenvalue weighted by atomic mass is 16.5. The molecule has 2 saturated heterocycles. The third kappa shape index (κ3) is 6.29. The monoisotopic (exact) mass is 527 g/mol. The first-order chi connectivity index (χ1) is 19.2. The Labute approximate surface area is 227 Å². The van der Waals surface area contributed by atoms with Crippen LogP contribution >= 0.6 is 0 Å². The molecule has 2 aliphatic heterocycles. The van der Waals surface area contributed by atoms with Gasteiger partial charge in [0.05, 0.1) is 30.6 Å². The van der Waals surface area contributed by atoms with Crippen LogP contribution in [0.1, 0.15) is 16.8 Å². The highest BCUT2D eigenvalue weighted by molar-refractivity contribution is 5.55. The second-order valence-corrected chi connectivity index (χ2v) is 9.81. The van der Waals surface area contributed by atoms with Gasteiger partial charge >= 0.3 is 0 Å². The first-order valence-electron chi connectivity index (χ1n) is 13.4. The molecule has 1 atom stereocenters.